The fraction of sp³-hybridized carbons (Fsp3) is 0.733. The van der Waals surface area contributed by atoms with Crippen LogP contribution in [0.2, 0.25) is 0 Å². The Morgan fingerprint density at radius 1 is 1.29 bits per heavy atom. The predicted octanol–water partition coefficient (Wildman–Crippen LogP) is 4.37. The summed E-state index contributed by atoms with van der Waals surface area (Å²) in [6, 6.07) is 2.58. The zero-order valence-corrected chi connectivity index (χ0v) is 12.2. The van der Waals surface area contributed by atoms with E-state index >= 15 is 0 Å². The van der Waals surface area contributed by atoms with Crippen molar-refractivity contribution in [1.82, 2.24) is 5.32 Å². The average Bonchev–Trinajstić information content (AvgIpc) is 2.50. The monoisotopic (exact) mass is 237 g/mol. The van der Waals surface area contributed by atoms with Crippen molar-refractivity contribution in [3.63, 3.8) is 0 Å². The highest BCUT2D eigenvalue weighted by atomic mass is 16.3. The predicted molar refractivity (Wildman–Crippen MR) is 73.3 cm³/mol. The van der Waals surface area contributed by atoms with Gasteiger partial charge in [0, 0.05) is 11.6 Å². The van der Waals surface area contributed by atoms with Gasteiger partial charge in [0.15, 0.2) is 0 Å². The first-order chi connectivity index (χ1) is 7.83. The first-order valence-electron chi connectivity index (χ1n) is 6.64. The van der Waals surface area contributed by atoms with Crippen LogP contribution in [0, 0.1) is 19.3 Å². The van der Waals surface area contributed by atoms with E-state index in [1.54, 1.807) is 0 Å². The highest BCUT2D eigenvalue weighted by Crippen LogP contribution is 2.32. The van der Waals surface area contributed by atoms with Crippen molar-refractivity contribution in [1.29, 1.82) is 0 Å². The maximum atomic E-state index is 5.65. The Labute approximate surface area is 106 Å². The summed E-state index contributed by atoms with van der Waals surface area (Å²) in [5, 5.41) is 3.64. The van der Waals surface area contributed by atoms with Crippen molar-refractivity contribution in [2.45, 2.75) is 60.4 Å². The van der Waals surface area contributed by atoms with Gasteiger partial charge in [-0.1, -0.05) is 27.7 Å². The quantitative estimate of drug-likeness (QED) is 0.822. The van der Waals surface area contributed by atoms with Gasteiger partial charge in [0.25, 0.3) is 0 Å². The van der Waals surface area contributed by atoms with Gasteiger partial charge < -0.3 is 9.73 Å². The van der Waals surface area contributed by atoms with Crippen LogP contribution in [0.15, 0.2) is 10.5 Å². The largest absolute Gasteiger partial charge is 0.466 e. The lowest BCUT2D eigenvalue weighted by molar-refractivity contribution is 0.309. The van der Waals surface area contributed by atoms with Gasteiger partial charge in [0.1, 0.15) is 11.5 Å². The molecule has 0 aliphatic carbocycles. The zero-order chi connectivity index (χ0) is 13.1. The molecule has 0 amide bonds. The van der Waals surface area contributed by atoms with Gasteiger partial charge in [-0.25, -0.2) is 0 Å². The summed E-state index contributed by atoms with van der Waals surface area (Å²) in [5.74, 6) is 2.06. The summed E-state index contributed by atoms with van der Waals surface area (Å²) >= 11 is 0. The number of furan rings is 1. The molecule has 1 aromatic rings. The first-order valence-corrected chi connectivity index (χ1v) is 6.64. The molecule has 0 bridgehead atoms. The molecule has 0 spiro atoms. The molecular formula is C15H27NO. The second-order valence-corrected chi connectivity index (χ2v) is 6.14. The fourth-order valence-corrected chi connectivity index (χ4v) is 2.22. The molecule has 1 aromatic heterocycles. The van der Waals surface area contributed by atoms with Crippen molar-refractivity contribution in [2.24, 2.45) is 5.41 Å². The Balaban J connectivity index is 2.85. The Morgan fingerprint density at radius 3 is 2.35 bits per heavy atom. The lowest BCUT2D eigenvalue weighted by Crippen LogP contribution is -2.26. The standard InChI is InChI=1S/C15H27NO/c1-7-8-16-14(10-15(4,5)6)13-9-11(2)17-12(13)3/h9,14,16H,7-8,10H2,1-6H3. The molecule has 1 rings (SSSR count). The van der Waals surface area contributed by atoms with E-state index in [-0.39, 0.29) is 0 Å². The summed E-state index contributed by atoms with van der Waals surface area (Å²) in [4.78, 5) is 0. The third-order valence-electron chi connectivity index (χ3n) is 2.91. The van der Waals surface area contributed by atoms with E-state index < -0.39 is 0 Å². The van der Waals surface area contributed by atoms with Crippen molar-refractivity contribution in [3.8, 4) is 0 Å². The molecule has 0 aliphatic rings. The topological polar surface area (TPSA) is 25.2 Å². The third-order valence-corrected chi connectivity index (χ3v) is 2.91. The Bertz CT molecular complexity index is 346. The molecule has 0 aromatic carbocycles. The maximum absolute atomic E-state index is 5.65. The summed E-state index contributed by atoms with van der Waals surface area (Å²) in [6.45, 7) is 14.2. The van der Waals surface area contributed by atoms with Crippen molar-refractivity contribution in [3.05, 3.63) is 23.2 Å². The molecule has 1 N–H and O–H groups in total. The van der Waals surface area contributed by atoms with Crippen molar-refractivity contribution >= 4 is 0 Å². The SMILES string of the molecule is CCCNC(CC(C)(C)C)c1cc(C)oc1C. The number of hydrogen-bond donors (Lipinski definition) is 1. The summed E-state index contributed by atoms with van der Waals surface area (Å²) < 4.78 is 5.65. The Morgan fingerprint density at radius 2 is 1.94 bits per heavy atom. The molecule has 0 aliphatic heterocycles. The van der Waals surface area contributed by atoms with Gasteiger partial charge in [-0.2, -0.15) is 0 Å². The number of rotatable bonds is 5. The zero-order valence-electron chi connectivity index (χ0n) is 12.2. The van der Waals surface area contributed by atoms with E-state index in [0.717, 1.165) is 30.9 Å². The van der Waals surface area contributed by atoms with Crippen LogP contribution in [0.4, 0.5) is 0 Å². The van der Waals surface area contributed by atoms with E-state index in [1.807, 2.05) is 6.92 Å². The summed E-state index contributed by atoms with van der Waals surface area (Å²) in [6.07, 6.45) is 2.29. The molecule has 17 heavy (non-hydrogen) atoms. The van der Waals surface area contributed by atoms with E-state index in [1.165, 1.54) is 5.56 Å². The lowest BCUT2D eigenvalue weighted by atomic mass is 9.85. The van der Waals surface area contributed by atoms with Gasteiger partial charge in [0.2, 0.25) is 0 Å². The van der Waals surface area contributed by atoms with Crippen LogP contribution < -0.4 is 5.32 Å². The molecule has 0 fully saturated rings. The van der Waals surface area contributed by atoms with E-state index in [0.29, 0.717) is 11.5 Å². The van der Waals surface area contributed by atoms with E-state index in [9.17, 15) is 0 Å². The normalized spacial score (nSPS) is 14.0. The van der Waals surface area contributed by atoms with Crippen molar-refractivity contribution in [2.75, 3.05) is 6.54 Å². The van der Waals surface area contributed by atoms with Crippen LogP contribution in [0.1, 0.15) is 63.7 Å². The van der Waals surface area contributed by atoms with Crippen LogP contribution in [-0.2, 0) is 0 Å². The van der Waals surface area contributed by atoms with Gasteiger partial charge >= 0.3 is 0 Å². The van der Waals surface area contributed by atoms with E-state index in [2.05, 4.69) is 46.0 Å². The van der Waals surface area contributed by atoms with Gasteiger partial charge in [0.05, 0.1) is 0 Å². The molecule has 1 atom stereocenters. The smallest absolute Gasteiger partial charge is 0.105 e. The van der Waals surface area contributed by atoms with Gasteiger partial charge in [-0.3, -0.25) is 0 Å². The second kappa shape index (κ2) is 5.72. The highest BCUT2D eigenvalue weighted by molar-refractivity contribution is 5.24. The minimum atomic E-state index is 0.322. The molecule has 1 unspecified atom stereocenters. The number of nitrogens with one attached hydrogen (secondary N) is 1. The van der Waals surface area contributed by atoms with Crippen LogP contribution in [0.3, 0.4) is 0 Å². The van der Waals surface area contributed by atoms with Gasteiger partial charge in [-0.05, 0) is 44.7 Å². The minimum Gasteiger partial charge on any atom is -0.466 e. The number of hydrogen-bond acceptors (Lipinski definition) is 2. The van der Waals surface area contributed by atoms with Crippen molar-refractivity contribution < 1.29 is 4.42 Å². The average molecular weight is 237 g/mol. The number of aryl methyl sites for hydroxylation is 2. The lowest BCUT2D eigenvalue weighted by Gasteiger charge is -2.26. The first kappa shape index (κ1) is 14.3. The maximum Gasteiger partial charge on any atom is 0.105 e. The van der Waals surface area contributed by atoms with E-state index in [4.69, 9.17) is 4.42 Å². The van der Waals surface area contributed by atoms with Crippen LogP contribution >= 0.6 is 0 Å². The Kier molecular flexibility index (Phi) is 4.81. The van der Waals surface area contributed by atoms with Crippen LogP contribution in [-0.4, -0.2) is 6.54 Å². The molecule has 2 nitrogen and oxygen atoms in total. The highest BCUT2D eigenvalue weighted by Gasteiger charge is 2.22. The fourth-order valence-electron chi connectivity index (χ4n) is 2.22. The second-order valence-electron chi connectivity index (χ2n) is 6.14. The molecule has 98 valence electrons. The summed E-state index contributed by atoms with van der Waals surface area (Å²) in [7, 11) is 0. The molecule has 0 saturated heterocycles. The molecule has 0 radical (unpaired) electrons. The molecule has 2 heteroatoms. The molecular weight excluding hydrogens is 210 g/mol. The minimum absolute atomic E-state index is 0.322. The van der Waals surface area contributed by atoms with Crippen LogP contribution in [0.5, 0.6) is 0 Å². The summed E-state index contributed by atoms with van der Waals surface area (Å²) in [5.41, 5.74) is 1.65. The molecule has 1 heterocycles. The Hall–Kier alpha value is -0.760. The van der Waals surface area contributed by atoms with Gasteiger partial charge in [-0.15, -0.1) is 0 Å². The molecule has 0 saturated carbocycles. The third kappa shape index (κ3) is 4.55. The van der Waals surface area contributed by atoms with Crippen LogP contribution in [0.25, 0.3) is 0 Å².